The minimum atomic E-state index is -3.47. The molecule has 1 amide bonds. The van der Waals surface area contributed by atoms with Crippen LogP contribution in [0.3, 0.4) is 0 Å². The number of carbonyl (C=O) groups excluding carboxylic acids is 1. The smallest absolute Gasteiger partial charge is 0.243 e. The zero-order valence-electron chi connectivity index (χ0n) is 19.2. The molecule has 0 radical (unpaired) electrons. The van der Waals surface area contributed by atoms with Gasteiger partial charge in [-0.3, -0.25) is 4.79 Å². The maximum Gasteiger partial charge on any atom is 0.243 e. The van der Waals surface area contributed by atoms with E-state index in [0.29, 0.717) is 43.5 Å². The van der Waals surface area contributed by atoms with E-state index in [1.54, 1.807) is 22.5 Å². The summed E-state index contributed by atoms with van der Waals surface area (Å²) in [5.74, 6) is 0.827. The molecule has 2 fully saturated rings. The highest BCUT2D eigenvalue weighted by Crippen LogP contribution is 2.25. The predicted octanol–water partition coefficient (Wildman–Crippen LogP) is 4.43. The molecule has 0 atom stereocenters. The third-order valence-electron chi connectivity index (χ3n) is 6.49. The molecule has 0 bridgehead atoms. The van der Waals surface area contributed by atoms with Crippen LogP contribution < -0.4 is 10.1 Å². The van der Waals surface area contributed by atoms with Gasteiger partial charge >= 0.3 is 0 Å². The van der Waals surface area contributed by atoms with Crippen LogP contribution in [0, 0.1) is 0 Å². The van der Waals surface area contributed by atoms with Gasteiger partial charge in [0.1, 0.15) is 5.75 Å². The van der Waals surface area contributed by atoms with Crippen LogP contribution in [-0.4, -0.2) is 37.8 Å². The minimum Gasteiger partial charge on any atom is -0.490 e. The van der Waals surface area contributed by atoms with E-state index in [1.807, 2.05) is 30.3 Å². The molecule has 6 nitrogen and oxygen atoms in total. The van der Waals surface area contributed by atoms with Gasteiger partial charge in [0.15, 0.2) is 0 Å². The number of nitrogens with zero attached hydrogens (tertiary/aromatic N) is 1. The fourth-order valence-electron chi connectivity index (χ4n) is 4.59. The van der Waals surface area contributed by atoms with Crippen molar-refractivity contribution >= 4 is 15.9 Å². The quantitative estimate of drug-likeness (QED) is 0.588. The second kappa shape index (κ2) is 11.2. The number of ether oxygens (including phenoxy) is 1. The first kappa shape index (κ1) is 23.8. The zero-order chi connectivity index (χ0) is 23.1. The average molecular weight is 471 g/mol. The molecule has 178 valence electrons. The summed E-state index contributed by atoms with van der Waals surface area (Å²) in [4.78, 5) is 12.7. The highest BCUT2D eigenvalue weighted by atomic mass is 32.2. The Morgan fingerprint density at radius 2 is 1.67 bits per heavy atom. The Morgan fingerprint density at radius 3 is 2.45 bits per heavy atom. The van der Waals surface area contributed by atoms with Gasteiger partial charge in [-0.05, 0) is 80.3 Å². The van der Waals surface area contributed by atoms with Gasteiger partial charge in [0, 0.05) is 26.1 Å². The van der Waals surface area contributed by atoms with Crippen LogP contribution in [0.2, 0.25) is 0 Å². The highest BCUT2D eigenvalue weighted by molar-refractivity contribution is 7.89. The van der Waals surface area contributed by atoms with Crippen molar-refractivity contribution in [3.05, 3.63) is 59.7 Å². The number of hydrogen-bond acceptors (Lipinski definition) is 4. The summed E-state index contributed by atoms with van der Waals surface area (Å²) in [6, 6.07) is 14.9. The normalized spacial score (nSPS) is 17.7. The number of aryl methyl sites for hydroxylation is 1. The Hall–Kier alpha value is -2.38. The number of piperidine rings is 1. The summed E-state index contributed by atoms with van der Waals surface area (Å²) in [5.41, 5.74) is 1.86. The standard InChI is InChI=1S/C26H34N2O4S/c29-26(15-14-21-8-6-12-24(18-21)32-23-10-2-3-11-23)27-20-22-9-7-13-25(19-22)33(30,31)28-16-4-1-5-17-28/h6-9,12-13,18-19,23H,1-5,10-11,14-17,20H2,(H,27,29). The Kier molecular flexibility index (Phi) is 8.04. The lowest BCUT2D eigenvalue weighted by atomic mass is 10.1. The molecule has 1 saturated carbocycles. The maximum absolute atomic E-state index is 12.9. The topological polar surface area (TPSA) is 75.7 Å². The van der Waals surface area contributed by atoms with Gasteiger partial charge in [0.2, 0.25) is 15.9 Å². The average Bonchev–Trinajstić information content (AvgIpc) is 3.35. The predicted molar refractivity (Wildman–Crippen MR) is 129 cm³/mol. The van der Waals surface area contributed by atoms with Crippen LogP contribution in [0.5, 0.6) is 5.75 Å². The van der Waals surface area contributed by atoms with Crippen molar-refractivity contribution in [3.63, 3.8) is 0 Å². The van der Waals surface area contributed by atoms with E-state index >= 15 is 0 Å². The lowest BCUT2D eigenvalue weighted by molar-refractivity contribution is -0.121. The van der Waals surface area contributed by atoms with Crippen molar-refractivity contribution in [1.82, 2.24) is 9.62 Å². The van der Waals surface area contributed by atoms with E-state index in [1.165, 1.54) is 12.8 Å². The Morgan fingerprint density at radius 1 is 0.939 bits per heavy atom. The molecular formula is C26H34N2O4S. The minimum absolute atomic E-state index is 0.0543. The van der Waals surface area contributed by atoms with Gasteiger partial charge < -0.3 is 10.1 Å². The van der Waals surface area contributed by atoms with Crippen LogP contribution >= 0.6 is 0 Å². The third-order valence-corrected chi connectivity index (χ3v) is 8.38. The van der Waals surface area contributed by atoms with Crippen molar-refractivity contribution in [2.45, 2.75) is 75.3 Å². The molecule has 33 heavy (non-hydrogen) atoms. The molecule has 0 aromatic heterocycles. The van der Waals surface area contributed by atoms with Crippen LogP contribution in [0.25, 0.3) is 0 Å². The van der Waals surface area contributed by atoms with Crippen molar-refractivity contribution < 1.29 is 17.9 Å². The number of hydrogen-bond donors (Lipinski definition) is 1. The van der Waals surface area contributed by atoms with E-state index in [-0.39, 0.29) is 5.91 Å². The van der Waals surface area contributed by atoms with Crippen molar-refractivity contribution in [3.8, 4) is 5.75 Å². The molecular weight excluding hydrogens is 436 g/mol. The lowest BCUT2D eigenvalue weighted by Gasteiger charge is -2.26. The SMILES string of the molecule is O=C(CCc1cccc(OC2CCCC2)c1)NCc1cccc(S(=O)(=O)N2CCCCC2)c1. The number of amides is 1. The number of nitrogens with one attached hydrogen (secondary N) is 1. The van der Waals surface area contributed by atoms with Crippen LogP contribution in [0.15, 0.2) is 53.4 Å². The summed E-state index contributed by atoms with van der Waals surface area (Å²) in [7, 11) is -3.47. The highest BCUT2D eigenvalue weighted by Gasteiger charge is 2.26. The first-order chi connectivity index (χ1) is 16.0. The molecule has 1 saturated heterocycles. The van der Waals surface area contributed by atoms with Crippen molar-refractivity contribution in [2.24, 2.45) is 0 Å². The maximum atomic E-state index is 12.9. The van der Waals surface area contributed by atoms with E-state index in [0.717, 1.165) is 49.0 Å². The molecule has 1 heterocycles. The molecule has 1 aliphatic heterocycles. The zero-order valence-corrected chi connectivity index (χ0v) is 20.0. The summed E-state index contributed by atoms with van der Waals surface area (Å²) in [6.07, 6.45) is 8.93. The summed E-state index contributed by atoms with van der Waals surface area (Å²) < 4.78 is 33.4. The molecule has 2 aliphatic rings. The van der Waals surface area contributed by atoms with Gasteiger partial charge in [-0.25, -0.2) is 8.42 Å². The molecule has 2 aromatic rings. The van der Waals surface area contributed by atoms with E-state index < -0.39 is 10.0 Å². The largest absolute Gasteiger partial charge is 0.490 e. The molecule has 7 heteroatoms. The summed E-state index contributed by atoms with van der Waals surface area (Å²) in [5, 5.41) is 2.92. The van der Waals surface area contributed by atoms with Gasteiger partial charge in [0.25, 0.3) is 0 Å². The van der Waals surface area contributed by atoms with Gasteiger partial charge in [-0.1, -0.05) is 30.7 Å². The van der Waals surface area contributed by atoms with Crippen molar-refractivity contribution in [2.75, 3.05) is 13.1 Å². The van der Waals surface area contributed by atoms with Crippen LogP contribution in [-0.2, 0) is 27.8 Å². The fourth-order valence-corrected chi connectivity index (χ4v) is 6.18. The first-order valence-electron chi connectivity index (χ1n) is 12.1. The first-order valence-corrected chi connectivity index (χ1v) is 13.6. The summed E-state index contributed by atoms with van der Waals surface area (Å²) >= 11 is 0. The lowest BCUT2D eigenvalue weighted by Crippen LogP contribution is -2.35. The van der Waals surface area contributed by atoms with Crippen LogP contribution in [0.4, 0.5) is 0 Å². The second-order valence-corrected chi connectivity index (χ2v) is 11.0. The molecule has 1 aliphatic carbocycles. The van der Waals surface area contributed by atoms with E-state index in [2.05, 4.69) is 5.32 Å². The van der Waals surface area contributed by atoms with E-state index in [9.17, 15) is 13.2 Å². The van der Waals surface area contributed by atoms with Gasteiger partial charge in [-0.2, -0.15) is 4.31 Å². The molecule has 0 unspecified atom stereocenters. The van der Waals surface area contributed by atoms with E-state index in [4.69, 9.17) is 4.74 Å². The molecule has 4 rings (SSSR count). The molecule has 1 N–H and O–H groups in total. The Labute approximate surface area is 197 Å². The van der Waals surface area contributed by atoms with Crippen LogP contribution in [0.1, 0.15) is 62.5 Å². The third kappa shape index (κ3) is 6.58. The number of rotatable bonds is 9. The molecule has 0 spiro atoms. The number of benzene rings is 2. The van der Waals surface area contributed by atoms with Gasteiger partial charge in [0.05, 0.1) is 11.0 Å². The Bertz CT molecular complexity index is 1040. The number of sulfonamides is 1. The van der Waals surface area contributed by atoms with Crippen molar-refractivity contribution in [1.29, 1.82) is 0 Å². The number of carbonyl (C=O) groups is 1. The summed E-state index contributed by atoms with van der Waals surface area (Å²) in [6.45, 7) is 1.47. The Balaban J connectivity index is 1.27. The second-order valence-electron chi connectivity index (χ2n) is 9.06. The van der Waals surface area contributed by atoms with Gasteiger partial charge in [-0.15, -0.1) is 0 Å². The fraction of sp³-hybridized carbons (Fsp3) is 0.500. The monoisotopic (exact) mass is 470 g/mol. The molecule has 2 aromatic carbocycles.